The molecular weight excluding hydrogens is 264 g/mol. The maximum atomic E-state index is 11.4. The van der Waals surface area contributed by atoms with Gasteiger partial charge in [0.1, 0.15) is 0 Å². The molecule has 0 aromatic rings. The fraction of sp³-hybridized carbons (Fsp3) is 0.800. The van der Waals surface area contributed by atoms with Crippen LogP contribution in [0.1, 0.15) is 33.1 Å². The van der Waals surface area contributed by atoms with Gasteiger partial charge in [0.15, 0.2) is 5.25 Å². The van der Waals surface area contributed by atoms with E-state index >= 15 is 0 Å². The molecule has 0 radical (unpaired) electrons. The van der Waals surface area contributed by atoms with Gasteiger partial charge in [0, 0.05) is 0 Å². The summed E-state index contributed by atoms with van der Waals surface area (Å²) in [7, 11) is -4.77. The lowest BCUT2D eigenvalue weighted by Crippen LogP contribution is -2.34. The van der Waals surface area contributed by atoms with Gasteiger partial charge < -0.3 is 9.84 Å². The topological polar surface area (TPSA) is 118 Å². The normalized spacial score (nSPS) is 14.8. The largest absolute Gasteiger partial charge is 0.481 e. The van der Waals surface area contributed by atoms with Gasteiger partial charge in [0.2, 0.25) is 0 Å². The molecule has 8 heteroatoms. The van der Waals surface area contributed by atoms with Crippen LogP contribution in [0, 0.1) is 5.92 Å². The quantitative estimate of drug-likeness (QED) is 0.496. The molecular formula is C10H18O7S. The van der Waals surface area contributed by atoms with E-state index in [2.05, 4.69) is 0 Å². The van der Waals surface area contributed by atoms with Crippen LogP contribution in [0.2, 0.25) is 0 Å². The summed E-state index contributed by atoms with van der Waals surface area (Å²) in [4.78, 5) is 21.8. The van der Waals surface area contributed by atoms with Crippen molar-refractivity contribution < 1.29 is 32.4 Å². The highest BCUT2D eigenvalue weighted by Gasteiger charge is 2.35. The fourth-order valence-electron chi connectivity index (χ4n) is 1.36. The maximum Gasteiger partial charge on any atom is 0.327 e. The van der Waals surface area contributed by atoms with Gasteiger partial charge in [-0.05, 0) is 12.3 Å². The molecule has 0 heterocycles. The number of hydrogen-bond donors (Lipinski definition) is 2. The summed E-state index contributed by atoms with van der Waals surface area (Å²) < 4.78 is 35.2. The Morgan fingerprint density at radius 1 is 1.33 bits per heavy atom. The van der Waals surface area contributed by atoms with Crippen LogP contribution in [0.15, 0.2) is 0 Å². The van der Waals surface area contributed by atoms with Gasteiger partial charge in [-0.3, -0.25) is 14.1 Å². The first-order valence-corrected chi connectivity index (χ1v) is 7.03. The van der Waals surface area contributed by atoms with Crippen LogP contribution in [0.4, 0.5) is 0 Å². The molecule has 0 aliphatic rings. The van der Waals surface area contributed by atoms with E-state index in [0.717, 1.165) is 12.8 Å². The lowest BCUT2D eigenvalue weighted by atomic mass is 10.1. The Kier molecular flexibility index (Phi) is 6.85. The minimum absolute atomic E-state index is 0.00167. The van der Waals surface area contributed by atoms with Crippen molar-refractivity contribution in [1.82, 2.24) is 0 Å². The second-order valence-corrected chi connectivity index (χ2v) is 5.72. The first kappa shape index (κ1) is 16.9. The number of ether oxygens (including phenoxy) is 1. The summed E-state index contributed by atoms with van der Waals surface area (Å²) in [5.41, 5.74) is 0. The van der Waals surface area contributed by atoms with Crippen molar-refractivity contribution in [3.8, 4) is 0 Å². The number of carbonyl (C=O) groups is 2. The molecule has 0 bridgehead atoms. The minimum Gasteiger partial charge on any atom is -0.481 e. The third-order valence-corrected chi connectivity index (χ3v) is 3.35. The predicted molar refractivity (Wildman–Crippen MR) is 62.6 cm³/mol. The van der Waals surface area contributed by atoms with Crippen molar-refractivity contribution in [1.29, 1.82) is 0 Å². The van der Waals surface area contributed by atoms with Gasteiger partial charge in [-0.1, -0.05) is 20.3 Å². The number of carboxylic acid groups (broad SMARTS) is 1. The monoisotopic (exact) mass is 282 g/mol. The number of carbonyl (C=O) groups excluding carboxylic acids is 1. The Balaban J connectivity index is 4.54. The average Bonchev–Trinajstić information content (AvgIpc) is 2.21. The van der Waals surface area contributed by atoms with Crippen LogP contribution in [0.25, 0.3) is 0 Å². The van der Waals surface area contributed by atoms with E-state index in [4.69, 9.17) is 14.4 Å². The van der Waals surface area contributed by atoms with Crippen molar-refractivity contribution in [3.05, 3.63) is 0 Å². The zero-order valence-electron chi connectivity index (χ0n) is 10.3. The highest BCUT2D eigenvalue weighted by Crippen LogP contribution is 2.10. The van der Waals surface area contributed by atoms with Gasteiger partial charge >= 0.3 is 11.9 Å². The Labute approximate surface area is 106 Å². The summed E-state index contributed by atoms with van der Waals surface area (Å²) in [6, 6.07) is 0. The Bertz CT molecular complexity index is 387. The molecule has 106 valence electrons. The van der Waals surface area contributed by atoms with Gasteiger partial charge in [0.25, 0.3) is 10.1 Å². The molecule has 2 atom stereocenters. The smallest absolute Gasteiger partial charge is 0.327 e. The predicted octanol–water partition coefficient (Wildman–Crippen LogP) is 0.697. The lowest BCUT2D eigenvalue weighted by molar-refractivity contribution is -0.148. The molecule has 2 N–H and O–H groups in total. The summed E-state index contributed by atoms with van der Waals surface area (Å²) in [5.74, 6) is -2.69. The third kappa shape index (κ3) is 6.55. The fourth-order valence-corrected chi connectivity index (χ4v) is 2.03. The second kappa shape index (κ2) is 7.32. The molecule has 0 amide bonds. The molecule has 0 aromatic carbocycles. The molecule has 0 fully saturated rings. The highest BCUT2D eigenvalue weighted by molar-refractivity contribution is 7.87. The van der Waals surface area contributed by atoms with Crippen molar-refractivity contribution in [2.45, 2.75) is 38.4 Å². The SMILES string of the molecule is CCCC(C)COC(=O)C(CC(=O)O)S(=O)(=O)O. The third-order valence-electron chi connectivity index (χ3n) is 2.27. The summed E-state index contributed by atoms with van der Waals surface area (Å²) in [6.07, 6.45) is 0.665. The van der Waals surface area contributed by atoms with Gasteiger partial charge in [0.05, 0.1) is 13.0 Å². The van der Waals surface area contributed by atoms with Crippen molar-refractivity contribution in [2.75, 3.05) is 6.61 Å². The summed E-state index contributed by atoms with van der Waals surface area (Å²) >= 11 is 0. The van der Waals surface area contributed by atoms with Gasteiger partial charge in [-0.15, -0.1) is 0 Å². The molecule has 18 heavy (non-hydrogen) atoms. The average molecular weight is 282 g/mol. The number of esters is 1. The van der Waals surface area contributed by atoms with E-state index in [1.54, 1.807) is 0 Å². The van der Waals surface area contributed by atoms with E-state index in [1.807, 2.05) is 13.8 Å². The number of rotatable bonds is 8. The van der Waals surface area contributed by atoms with Crippen LogP contribution in [-0.4, -0.2) is 41.9 Å². The van der Waals surface area contributed by atoms with Crippen LogP contribution in [0.5, 0.6) is 0 Å². The zero-order chi connectivity index (χ0) is 14.3. The van der Waals surface area contributed by atoms with E-state index in [9.17, 15) is 18.0 Å². The number of hydrogen-bond acceptors (Lipinski definition) is 5. The number of carboxylic acids is 1. The highest BCUT2D eigenvalue weighted by atomic mass is 32.2. The van der Waals surface area contributed by atoms with E-state index < -0.39 is 33.7 Å². The molecule has 0 aliphatic heterocycles. The van der Waals surface area contributed by atoms with Crippen LogP contribution < -0.4 is 0 Å². The first-order chi connectivity index (χ1) is 8.18. The number of aliphatic carboxylic acids is 1. The van der Waals surface area contributed by atoms with E-state index in [0.29, 0.717) is 0 Å². The lowest BCUT2D eigenvalue weighted by Gasteiger charge is -2.14. The zero-order valence-corrected chi connectivity index (χ0v) is 11.1. The molecule has 0 saturated heterocycles. The molecule has 0 rings (SSSR count). The van der Waals surface area contributed by atoms with Crippen molar-refractivity contribution >= 4 is 22.1 Å². The van der Waals surface area contributed by atoms with Gasteiger partial charge in [-0.2, -0.15) is 8.42 Å². The molecule has 0 aromatic heterocycles. The maximum absolute atomic E-state index is 11.4. The molecule has 0 saturated carbocycles. The van der Waals surface area contributed by atoms with Crippen LogP contribution in [0.3, 0.4) is 0 Å². The van der Waals surface area contributed by atoms with Crippen LogP contribution in [-0.2, 0) is 24.4 Å². The molecule has 2 unspecified atom stereocenters. The van der Waals surface area contributed by atoms with Gasteiger partial charge in [-0.25, -0.2) is 0 Å². The Morgan fingerprint density at radius 3 is 2.28 bits per heavy atom. The molecule has 7 nitrogen and oxygen atoms in total. The van der Waals surface area contributed by atoms with Crippen LogP contribution >= 0.6 is 0 Å². The van der Waals surface area contributed by atoms with E-state index in [1.165, 1.54) is 0 Å². The van der Waals surface area contributed by atoms with Crippen molar-refractivity contribution in [3.63, 3.8) is 0 Å². The Morgan fingerprint density at radius 2 is 1.89 bits per heavy atom. The second-order valence-electron chi connectivity index (χ2n) is 4.13. The molecule has 0 spiro atoms. The van der Waals surface area contributed by atoms with E-state index in [-0.39, 0.29) is 12.5 Å². The standard InChI is InChI=1S/C10H18O7S/c1-3-4-7(2)6-17-10(13)8(5-9(11)12)18(14,15)16/h7-8H,3-6H2,1-2H3,(H,11,12)(H,14,15,16). The Hall–Kier alpha value is -1.15. The summed E-state index contributed by atoms with van der Waals surface area (Å²) in [6.45, 7) is 3.76. The first-order valence-electron chi connectivity index (χ1n) is 5.53. The molecule has 0 aliphatic carbocycles. The minimum atomic E-state index is -4.77. The summed E-state index contributed by atoms with van der Waals surface area (Å²) in [5, 5.41) is 6.41. The van der Waals surface area contributed by atoms with Crippen molar-refractivity contribution in [2.24, 2.45) is 5.92 Å².